The van der Waals surface area contributed by atoms with Crippen LogP contribution in [0.1, 0.15) is 0 Å². The Labute approximate surface area is 184 Å². The Morgan fingerprint density at radius 2 is 1.84 bits per heavy atom. The summed E-state index contributed by atoms with van der Waals surface area (Å²) in [7, 11) is 1.59. The van der Waals surface area contributed by atoms with E-state index in [-0.39, 0.29) is 30.3 Å². The van der Waals surface area contributed by atoms with Crippen LogP contribution in [-0.2, 0) is 9.47 Å². The molecule has 2 fully saturated rings. The minimum atomic E-state index is -0.320. The average molecular weight is 437 g/mol. The molecule has 2 saturated heterocycles. The van der Waals surface area contributed by atoms with Gasteiger partial charge in [-0.3, -0.25) is 0 Å². The zero-order valence-electron chi connectivity index (χ0n) is 17.4. The zero-order chi connectivity index (χ0) is 21.9. The van der Waals surface area contributed by atoms with E-state index < -0.39 is 0 Å². The number of anilines is 2. The molecule has 0 saturated carbocycles. The smallest absolute Gasteiger partial charge is 0.319 e. The van der Waals surface area contributed by atoms with Gasteiger partial charge in [0.05, 0.1) is 38.7 Å². The number of rotatable bonds is 6. The van der Waals surface area contributed by atoms with Crippen LogP contribution in [-0.4, -0.2) is 60.6 Å². The second-order valence-corrected chi connectivity index (χ2v) is 7.52. The van der Waals surface area contributed by atoms with Crippen molar-refractivity contribution in [2.24, 2.45) is 0 Å². The molecule has 4 heterocycles. The van der Waals surface area contributed by atoms with Crippen molar-refractivity contribution < 1.29 is 23.4 Å². The second-order valence-electron chi connectivity index (χ2n) is 7.52. The van der Waals surface area contributed by atoms with Crippen LogP contribution in [0.3, 0.4) is 0 Å². The van der Waals surface area contributed by atoms with Gasteiger partial charge in [0, 0.05) is 11.9 Å². The Morgan fingerprint density at radius 1 is 1.06 bits per heavy atom. The van der Waals surface area contributed by atoms with Crippen molar-refractivity contribution in [2.45, 2.75) is 24.3 Å². The lowest BCUT2D eigenvalue weighted by molar-refractivity contribution is 0.0683. The van der Waals surface area contributed by atoms with Crippen LogP contribution >= 0.6 is 0 Å². The monoisotopic (exact) mass is 437 g/mol. The van der Waals surface area contributed by atoms with Crippen LogP contribution < -0.4 is 20.7 Å². The standard InChI is InChI=1S/C22H23N5O5/c1-29-14-6-4-13(5-7-14)24-22(28)27-17-12-32-19-16(11-31-20(17)19)26-21-23-9-8-15(25-21)18-3-2-10-30-18/h2-10,16-17,19-20H,11-12H2,1H3,(H,23,25,26)(H2,24,27,28)/t16-,17-,19+,20+/m0/s1. The molecule has 2 aliphatic rings. The number of urea groups is 1. The van der Waals surface area contributed by atoms with E-state index >= 15 is 0 Å². The van der Waals surface area contributed by atoms with E-state index in [0.29, 0.717) is 36.3 Å². The molecule has 0 unspecified atom stereocenters. The highest BCUT2D eigenvalue weighted by atomic mass is 16.6. The molecule has 3 N–H and O–H groups in total. The van der Waals surface area contributed by atoms with Crippen molar-refractivity contribution in [1.29, 1.82) is 0 Å². The largest absolute Gasteiger partial charge is 0.497 e. The van der Waals surface area contributed by atoms with Gasteiger partial charge in [0.2, 0.25) is 5.95 Å². The van der Waals surface area contributed by atoms with Gasteiger partial charge in [0.1, 0.15) is 23.7 Å². The molecule has 166 valence electrons. The van der Waals surface area contributed by atoms with E-state index in [1.807, 2.05) is 12.1 Å². The molecule has 10 heteroatoms. The fourth-order valence-electron chi connectivity index (χ4n) is 3.91. The average Bonchev–Trinajstić information content (AvgIpc) is 3.55. The normalized spacial score (nSPS) is 24.0. The lowest BCUT2D eigenvalue weighted by Crippen LogP contribution is -2.46. The first-order valence-electron chi connectivity index (χ1n) is 10.3. The molecular formula is C22H23N5O5. The van der Waals surface area contributed by atoms with E-state index in [4.69, 9.17) is 18.6 Å². The molecule has 32 heavy (non-hydrogen) atoms. The third kappa shape index (κ3) is 4.23. The van der Waals surface area contributed by atoms with Crippen LogP contribution in [0.2, 0.25) is 0 Å². The van der Waals surface area contributed by atoms with Gasteiger partial charge in [-0.25, -0.2) is 14.8 Å². The van der Waals surface area contributed by atoms with Crippen molar-refractivity contribution >= 4 is 17.7 Å². The maximum Gasteiger partial charge on any atom is 0.319 e. The van der Waals surface area contributed by atoms with E-state index in [1.54, 1.807) is 49.9 Å². The Hall–Kier alpha value is -3.63. The molecule has 1 aromatic carbocycles. The third-order valence-electron chi connectivity index (χ3n) is 5.46. The summed E-state index contributed by atoms with van der Waals surface area (Å²) in [5.74, 6) is 1.85. The molecule has 3 aromatic rings. The molecular weight excluding hydrogens is 414 g/mol. The van der Waals surface area contributed by atoms with E-state index in [1.165, 1.54) is 0 Å². The van der Waals surface area contributed by atoms with Gasteiger partial charge in [-0.15, -0.1) is 0 Å². The Kier molecular flexibility index (Phi) is 5.61. The lowest BCUT2D eigenvalue weighted by Gasteiger charge is -2.18. The summed E-state index contributed by atoms with van der Waals surface area (Å²) in [5, 5.41) is 9.03. The van der Waals surface area contributed by atoms with E-state index in [9.17, 15) is 4.79 Å². The van der Waals surface area contributed by atoms with Crippen LogP contribution in [0, 0.1) is 0 Å². The molecule has 0 radical (unpaired) electrons. The number of aromatic nitrogens is 2. The second kappa shape index (κ2) is 8.85. The molecule has 2 aromatic heterocycles. The zero-order valence-corrected chi connectivity index (χ0v) is 17.4. The SMILES string of the molecule is COc1ccc(NC(=O)N[C@H]2CO[C@H]3[C@@H]2OC[C@@H]3Nc2nccc(-c3ccco3)n2)cc1. The predicted octanol–water partition coefficient (Wildman–Crippen LogP) is 2.51. The first-order valence-corrected chi connectivity index (χ1v) is 10.3. The van der Waals surface area contributed by atoms with E-state index in [2.05, 4.69) is 25.9 Å². The number of amides is 2. The minimum Gasteiger partial charge on any atom is -0.497 e. The summed E-state index contributed by atoms with van der Waals surface area (Å²) >= 11 is 0. The van der Waals surface area contributed by atoms with Crippen LogP contribution in [0.25, 0.3) is 11.5 Å². The minimum absolute atomic E-state index is 0.136. The number of fused-ring (bicyclic) bond motifs is 1. The molecule has 0 spiro atoms. The Bertz CT molecular complexity index is 1060. The number of ether oxygens (including phenoxy) is 3. The van der Waals surface area contributed by atoms with Gasteiger partial charge < -0.3 is 34.6 Å². The van der Waals surface area contributed by atoms with Gasteiger partial charge in [-0.05, 0) is 42.5 Å². The maximum atomic E-state index is 12.4. The quantitative estimate of drug-likeness (QED) is 0.538. The summed E-state index contributed by atoms with van der Waals surface area (Å²) in [6.45, 7) is 0.777. The van der Waals surface area contributed by atoms with Gasteiger partial charge in [-0.1, -0.05) is 0 Å². The van der Waals surface area contributed by atoms with E-state index in [0.717, 1.165) is 5.75 Å². The highest BCUT2D eigenvalue weighted by Crippen LogP contribution is 2.29. The highest BCUT2D eigenvalue weighted by molar-refractivity contribution is 5.89. The number of methoxy groups -OCH3 is 1. The number of hydrogen-bond acceptors (Lipinski definition) is 8. The van der Waals surface area contributed by atoms with Crippen LogP contribution in [0.4, 0.5) is 16.4 Å². The van der Waals surface area contributed by atoms with Gasteiger partial charge in [0.25, 0.3) is 0 Å². The van der Waals surface area contributed by atoms with Crippen molar-refractivity contribution in [3.05, 3.63) is 54.9 Å². The molecule has 2 aliphatic heterocycles. The van der Waals surface area contributed by atoms with Gasteiger partial charge in [0.15, 0.2) is 5.76 Å². The van der Waals surface area contributed by atoms with Gasteiger partial charge >= 0.3 is 6.03 Å². The summed E-state index contributed by atoms with van der Waals surface area (Å²) < 4.78 is 22.4. The molecule has 5 rings (SSSR count). The van der Waals surface area contributed by atoms with Crippen molar-refractivity contribution in [3.8, 4) is 17.2 Å². The Balaban J connectivity index is 1.17. The maximum absolute atomic E-state index is 12.4. The first-order chi connectivity index (χ1) is 15.7. The molecule has 4 atom stereocenters. The topological polar surface area (TPSA) is 120 Å². The number of hydrogen-bond donors (Lipinski definition) is 3. The molecule has 0 aliphatic carbocycles. The van der Waals surface area contributed by atoms with Crippen LogP contribution in [0.15, 0.2) is 59.3 Å². The van der Waals surface area contributed by atoms with Crippen LogP contribution in [0.5, 0.6) is 5.75 Å². The summed E-state index contributed by atoms with van der Waals surface area (Å²) in [6.07, 6.45) is 2.79. The van der Waals surface area contributed by atoms with Crippen molar-refractivity contribution in [2.75, 3.05) is 31.0 Å². The number of furan rings is 1. The summed E-state index contributed by atoms with van der Waals surface area (Å²) in [4.78, 5) is 21.2. The van der Waals surface area contributed by atoms with Gasteiger partial charge in [-0.2, -0.15) is 0 Å². The highest BCUT2D eigenvalue weighted by Gasteiger charge is 2.48. The van der Waals surface area contributed by atoms with Crippen molar-refractivity contribution in [1.82, 2.24) is 15.3 Å². The number of carbonyl (C=O) groups is 1. The Morgan fingerprint density at radius 3 is 2.59 bits per heavy atom. The lowest BCUT2D eigenvalue weighted by atomic mass is 10.1. The third-order valence-corrected chi connectivity index (χ3v) is 5.46. The molecule has 2 amide bonds. The summed E-state index contributed by atoms with van der Waals surface area (Å²) in [6, 6.07) is 11.8. The van der Waals surface area contributed by atoms with Crippen molar-refractivity contribution in [3.63, 3.8) is 0 Å². The number of nitrogens with zero attached hydrogens (tertiary/aromatic N) is 2. The fraction of sp³-hybridized carbons (Fsp3) is 0.318. The predicted molar refractivity (Wildman–Crippen MR) is 116 cm³/mol. The fourth-order valence-corrected chi connectivity index (χ4v) is 3.91. The molecule has 10 nitrogen and oxygen atoms in total. The first kappa shape index (κ1) is 20.3. The number of carbonyl (C=O) groups excluding carboxylic acids is 1. The number of benzene rings is 1. The summed E-state index contributed by atoms with van der Waals surface area (Å²) in [5.41, 5.74) is 1.35. The number of nitrogens with one attached hydrogen (secondary N) is 3. The molecule has 0 bridgehead atoms.